The zero-order chi connectivity index (χ0) is 17.1. The molecule has 0 bridgehead atoms. The van der Waals surface area contributed by atoms with Crippen LogP contribution < -0.4 is 0 Å². The summed E-state index contributed by atoms with van der Waals surface area (Å²) in [5, 5.41) is 10.3. The normalized spacial score (nSPS) is 23.0. The lowest BCUT2D eigenvalue weighted by Gasteiger charge is -2.26. The fourth-order valence-corrected chi connectivity index (χ4v) is 4.11. The van der Waals surface area contributed by atoms with Crippen LogP contribution in [-0.2, 0) is 24.6 Å². The average Bonchev–Trinajstić information content (AvgIpc) is 3.12. The van der Waals surface area contributed by atoms with Gasteiger partial charge < -0.3 is 14.4 Å². The Morgan fingerprint density at radius 2 is 2.00 bits per heavy atom. The van der Waals surface area contributed by atoms with Crippen LogP contribution in [0, 0.1) is 5.92 Å². The number of aliphatic hydroxyl groups excluding tert-OH is 1. The fraction of sp³-hybridized carbons (Fsp3) is 0.842. The molecule has 5 heteroatoms. The van der Waals surface area contributed by atoms with Crippen LogP contribution in [0.4, 0.5) is 0 Å². The molecule has 1 N–H and O–H groups in total. The van der Waals surface area contributed by atoms with Gasteiger partial charge in [-0.05, 0) is 51.0 Å². The van der Waals surface area contributed by atoms with Gasteiger partial charge in [-0.1, -0.05) is 13.8 Å². The van der Waals surface area contributed by atoms with E-state index in [4.69, 9.17) is 9.72 Å². The maximum Gasteiger partial charge on any atom is 0.126 e. The first-order valence-electron chi connectivity index (χ1n) is 9.60. The largest absolute Gasteiger partial charge is 0.389 e. The van der Waals surface area contributed by atoms with Gasteiger partial charge in [0.25, 0.3) is 0 Å². The van der Waals surface area contributed by atoms with Gasteiger partial charge >= 0.3 is 0 Å². The summed E-state index contributed by atoms with van der Waals surface area (Å²) in [6.07, 6.45) is 6.75. The van der Waals surface area contributed by atoms with Gasteiger partial charge in [0, 0.05) is 25.9 Å². The van der Waals surface area contributed by atoms with Crippen molar-refractivity contribution in [1.82, 2.24) is 14.5 Å². The molecule has 0 unspecified atom stereocenters. The summed E-state index contributed by atoms with van der Waals surface area (Å²) >= 11 is 0. The van der Waals surface area contributed by atoms with E-state index in [0.29, 0.717) is 31.7 Å². The number of β-amino-alcohol motifs (C(OH)–C–C–N with tert-alkyl or cyclic N) is 1. The first-order chi connectivity index (χ1) is 11.6. The molecule has 5 nitrogen and oxygen atoms in total. The Morgan fingerprint density at radius 3 is 2.75 bits per heavy atom. The van der Waals surface area contributed by atoms with E-state index >= 15 is 0 Å². The van der Waals surface area contributed by atoms with E-state index < -0.39 is 6.10 Å². The lowest BCUT2D eigenvalue weighted by Crippen LogP contribution is -2.35. The summed E-state index contributed by atoms with van der Waals surface area (Å²) in [5.74, 6) is 1.71. The molecular weight excluding hydrogens is 302 g/mol. The Hall–Kier alpha value is -0.910. The molecule has 1 saturated heterocycles. The standard InChI is InChI=1S/C19H33N3O2/c1-14(2)12-24-13-15(23)11-22-10-6-9-18(22)19-20-16-7-4-5-8-17(16)21(19)3/h14-15,18,23H,4-13H2,1-3H3/t15-,18-/m0/s1. The van der Waals surface area contributed by atoms with Gasteiger partial charge in [-0.2, -0.15) is 0 Å². The van der Waals surface area contributed by atoms with E-state index in [1.165, 1.54) is 36.5 Å². The molecule has 0 aromatic carbocycles. The van der Waals surface area contributed by atoms with Crippen molar-refractivity contribution >= 4 is 0 Å². The molecule has 0 saturated carbocycles. The SMILES string of the molecule is CC(C)COC[C@@H](O)CN1CCC[C@H]1c1nc2c(n1C)CCCC2. The van der Waals surface area contributed by atoms with Crippen LogP contribution in [0.2, 0.25) is 0 Å². The molecular formula is C19H33N3O2. The number of hydrogen-bond donors (Lipinski definition) is 1. The molecule has 2 heterocycles. The predicted octanol–water partition coefficient (Wildman–Crippen LogP) is 2.47. The number of nitrogens with zero attached hydrogens (tertiary/aromatic N) is 3. The van der Waals surface area contributed by atoms with Crippen molar-refractivity contribution in [2.75, 3.05) is 26.3 Å². The maximum atomic E-state index is 10.3. The summed E-state index contributed by atoms with van der Waals surface area (Å²) in [7, 11) is 2.17. The van der Waals surface area contributed by atoms with Crippen molar-refractivity contribution < 1.29 is 9.84 Å². The summed E-state index contributed by atoms with van der Waals surface area (Å²) in [4.78, 5) is 7.38. The first kappa shape index (κ1) is 17.9. The zero-order valence-corrected chi connectivity index (χ0v) is 15.5. The van der Waals surface area contributed by atoms with Crippen LogP contribution >= 0.6 is 0 Å². The van der Waals surface area contributed by atoms with Crippen LogP contribution in [0.3, 0.4) is 0 Å². The Balaban J connectivity index is 1.62. The van der Waals surface area contributed by atoms with Gasteiger partial charge in [0.2, 0.25) is 0 Å². The quantitative estimate of drug-likeness (QED) is 0.832. The van der Waals surface area contributed by atoms with Crippen LogP contribution in [0.25, 0.3) is 0 Å². The number of likely N-dealkylation sites (tertiary alicyclic amines) is 1. The highest BCUT2D eigenvalue weighted by Gasteiger charge is 2.32. The van der Waals surface area contributed by atoms with Gasteiger partial charge in [0.15, 0.2) is 0 Å². The minimum absolute atomic E-state index is 0.348. The molecule has 0 amide bonds. The Labute approximate surface area is 146 Å². The van der Waals surface area contributed by atoms with Gasteiger partial charge in [-0.3, -0.25) is 4.90 Å². The highest BCUT2D eigenvalue weighted by molar-refractivity contribution is 5.22. The van der Waals surface area contributed by atoms with Crippen molar-refractivity contribution in [3.05, 3.63) is 17.2 Å². The van der Waals surface area contributed by atoms with Crippen LogP contribution in [0.5, 0.6) is 0 Å². The maximum absolute atomic E-state index is 10.3. The van der Waals surface area contributed by atoms with Gasteiger partial charge in [0.1, 0.15) is 5.82 Å². The van der Waals surface area contributed by atoms with E-state index in [9.17, 15) is 5.11 Å². The van der Waals surface area contributed by atoms with Crippen molar-refractivity contribution in [3.63, 3.8) is 0 Å². The molecule has 1 aromatic rings. The molecule has 1 aromatic heterocycles. The second-order valence-electron chi connectivity index (χ2n) is 7.87. The first-order valence-corrected chi connectivity index (χ1v) is 9.60. The minimum Gasteiger partial charge on any atom is -0.389 e. The molecule has 1 aliphatic heterocycles. The minimum atomic E-state index is -0.417. The molecule has 0 radical (unpaired) electrons. The lowest BCUT2D eigenvalue weighted by atomic mass is 10.0. The average molecular weight is 335 g/mol. The highest BCUT2D eigenvalue weighted by atomic mass is 16.5. The Morgan fingerprint density at radius 1 is 1.21 bits per heavy atom. The smallest absolute Gasteiger partial charge is 0.126 e. The second kappa shape index (κ2) is 7.98. The topological polar surface area (TPSA) is 50.5 Å². The molecule has 1 aliphatic carbocycles. The summed E-state index contributed by atoms with van der Waals surface area (Å²) in [6.45, 7) is 7.13. The predicted molar refractivity (Wildman–Crippen MR) is 95.1 cm³/mol. The number of aryl methyl sites for hydroxylation is 1. The van der Waals surface area contributed by atoms with E-state index in [1.807, 2.05) is 0 Å². The Kier molecular flexibility index (Phi) is 5.95. The van der Waals surface area contributed by atoms with Gasteiger partial charge in [-0.25, -0.2) is 4.98 Å². The number of aliphatic hydroxyl groups is 1. The number of ether oxygens (including phenoxy) is 1. The number of imidazole rings is 1. The third-order valence-electron chi connectivity index (χ3n) is 5.28. The molecule has 3 rings (SSSR count). The molecule has 0 spiro atoms. The third kappa shape index (κ3) is 4.01. The monoisotopic (exact) mass is 335 g/mol. The summed E-state index contributed by atoms with van der Waals surface area (Å²) in [5.41, 5.74) is 2.75. The molecule has 2 atom stereocenters. The van der Waals surface area contributed by atoms with Crippen LogP contribution in [0.1, 0.15) is 62.8 Å². The lowest BCUT2D eigenvalue weighted by molar-refractivity contribution is 0.00548. The van der Waals surface area contributed by atoms with Crippen LogP contribution in [0.15, 0.2) is 0 Å². The Bertz CT molecular complexity index is 541. The van der Waals surface area contributed by atoms with Crippen molar-refractivity contribution in [1.29, 1.82) is 0 Å². The third-order valence-corrected chi connectivity index (χ3v) is 5.28. The molecule has 2 aliphatic rings. The van der Waals surface area contributed by atoms with E-state index in [-0.39, 0.29) is 0 Å². The number of fused-ring (bicyclic) bond motifs is 1. The number of hydrogen-bond acceptors (Lipinski definition) is 4. The highest BCUT2D eigenvalue weighted by Crippen LogP contribution is 2.33. The van der Waals surface area contributed by atoms with E-state index in [1.54, 1.807) is 0 Å². The second-order valence-corrected chi connectivity index (χ2v) is 7.87. The fourth-order valence-electron chi connectivity index (χ4n) is 4.11. The molecule has 136 valence electrons. The number of aromatic nitrogens is 2. The van der Waals surface area contributed by atoms with E-state index in [2.05, 4.69) is 30.4 Å². The summed E-state index contributed by atoms with van der Waals surface area (Å²) < 4.78 is 7.93. The van der Waals surface area contributed by atoms with Crippen LogP contribution in [-0.4, -0.2) is 52.0 Å². The van der Waals surface area contributed by atoms with Gasteiger partial charge in [-0.15, -0.1) is 0 Å². The van der Waals surface area contributed by atoms with Crippen molar-refractivity contribution in [2.24, 2.45) is 13.0 Å². The summed E-state index contributed by atoms with van der Waals surface area (Å²) in [6, 6.07) is 0.348. The van der Waals surface area contributed by atoms with Crippen molar-refractivity contribution in [3.8, 4) is 0 Å². The van der Waals surface area contributed by atoms with E-state index in [0.717, 1.165) is 25.8 Å². The molecule has 24 heavy (non-hydrogen) atoms. The number of rotatable bonds is 7. The van der Waals surface area contributed by atoms with Gasteiger partial charge in [0.05, 0.1) is 24.4 Å². The zero-order valence-electron chi connectivity index (χ0n) is 15.5. The van der Waals surface area contributed by atoms with Crippen molar-refractivity contribution in [2.45, 2.75) is 64.5 Å². The molecule has 1 fully saturated rings.